The molecule has 0 amide bonds. The number of phenols is 1. The summed E-state index contributed by atoms with van der Waals surface area (Å²) < 4.78 is 0. The fourth-order valence-electron chi connectivity index (χ4n) is 1.96. The van der Waals surface area contributed by atoms with Crippen LogP contribution < -0.4 is 5.32 Å². The third-order valence-corrected chi connectivity index (χ3v) is 3.16. The van der Waals surface area contributed by atoms with E-state index in [1.165, 1.54) is 5.56 Å². The molecule has 2 aromatic carbocycles. The lowest BCUT2D eigenvalue weighted by Crippen LogP contribution is -2.10. The molecule has 0 atom stereocenters. The van der Waals surface area contributed by atoms with Gasteiger partial charge in [-0.15, -0.1) is 0 Å². The molecular formula is C17H21NO. The van der Waals surface area contributed by atoms with Gasteiger partial charge in [-0.05, 0) is 40.8 Å². The van der Waals surface area contributed by atoms with Crippen LogP contribution in [0.2, 0.25) is 0 Å². The maximum Gasteiger partial charge on any atom is 0.115 e. The summed E-state index contributed by atoms with van der Waals surface area (Å²) in [7, 11) is 0. The summed E-state index contributed by atoms with van der Waals surface area (Å²) in [5.74, 6) is 0.308. The van der Waals surface area contributed by atoms with E-state index in [2.05, 4.69) is 50.4 Å². The van der Waals surface area contributed by atoms with E-state index in [0.717, 1.165) is 11.3 Å². The Morgan fingerprint density at radius 2 is 1.68 bits per heavy atom. The SMILES string of the molecule is CC(C)(C)c1ccc(NCc2cccc(O)c2)cc1. The van der Waals surface area contributed by atoms with Crippen molar-refractivity contribution in [1.82, 2.24) is 0 Å². The van der Waals surface area contributed by atoms with Crippen molar-refractivity contribution in [2.45, 2.75) is 32.7 Å². The van der Waals surface area contributed by atoms with E-state index in [-0.39, 0.29) is 5.41 Å². The van der Waals surface area contributed by atoms with Crippen LogP contribution in [0.25, 0.3) is 0 Å². The van der Waals surface area contributed by atoms with E-state index in [1.807, 2.05) is 12.1 Å². The lowest BCUT2D eigenvalue weighted by atomic mass is 9.87. The first-order chi connectivity index (χ1) is 8.95. The van der Waals surface area contributed by atoms with Gasteiger partial charge in [0, 0.05) is 12.2 Å². The maximum atomic E-state index is 9.41. The molecule has 19 heavy (non-hydrogen) atoms. The van der Waals surface area contributed by atoms with E-state index in [1.54, 1.807) is 12.1 Å². The van der Waals surface area contributed by atoms with Gasteiger partial charge in [0.1, 0.15) is 5.75 Å². The summed E-state index contributed by atoms with van der Waals surface area (Å²) >= 11 is 0. The molecule has 2 rings (SSSR count). The minimum absolute atomic E-state index is 0.184. The lowest BCUT2D eigenvalue weighted by Gasteiger charge is -2.19. The molecule has 2 aromatic rings. The van der Waals surface area contributed by atoms with Crippen LogP contribution in [0.1, 0.15) is 31.9 Å². The van der Waals surface area contributed by atoms with Crippen molar-refractivity contribution in [2.75, 3.05) is 5.32 Å². The number of hydrogen-bond acceptors (Lipinski definition) is 2. The molecule has 0 bridgehead atoms. The molecule has 100 valence electrons. The topological polar surface area (TPSA) is 32.3 Å². The second-order valence-electron chi connectivity index (χ2n) is 5.85. The predicted molar refractivity (Wildman–Crippen MR) is 80.6 cm³/mol. The van der Waals surface area contributed by atoms with Gasteiger partial charge in [-0.3, -0.25) is 0 Å². The van der Waals surface area contributed by atoms with Crippen molar-refractivity contribution in [3.63, 3.8) is 0 Å². The Bertz CT molecular complexity index is 538. The zero-order valence-corrected chi connectivity index (χ0v) is 11.8. The van der Waals surface area contributed by atoms with Gasteiger partial charge in [0.05, 0.1) is 0 Å². The quantitative estimate of drug-likeness (QED) is 0.857. The van der Waals surface area contributed by atoms with Crippen molar-refractivity contribution < 1.29 is 5.11 Å². The van der Waals surface area contributed by atoms with Crippen molar-refractivity contribution in [2.24, 2.45) is 0 Å². The van der Waals surface area contributed by atoms with Crippen LogP contribution in [0.5, 0.6) is 5.75 Å². The van der Waals surface area contributed by atoms with Gasteiger partial charge in [0.2, 0.25) is 0 Å². The maximum absolute atomic E-state index is 9.41. The molecule has 0 saturated carbocycles. The summed E-state index contributed by atoms with van der Waals surface area (Å²) in [5, 5.41) is 12.8. The third-order valence-electron chi connectivity index (χ3n) is 3.16. The molecule has 2 heteroatoms. The standard InChI is InChI=1S/C17H21NO/c1-17(2,3)14-7-9-15(10-8-14)18-12-13-5-4-6-16(19)11-13/h4-11,18-19H,12H2,1-3H3. The highest BCUT2D eigenvalue weighted by atomic mass is 16.3. The number of aromatic hydroxyl groups is 1. The molecule has 0 radical (unpaired) electrons. The molecule has 0 spiro atoms. The van der Waals surface area contributed by atoms with Crippen LogP contribution in [-0.2, 0) is 12.0 Å². The summed E-state index contributed by atoms with van der Waals surface area (Å²) in [4.78, 5) is 0. The molecule has 0 fully saturated rings. The molecular weight excluding hydrogens is 234 g/mol. The monoisotopic (exact) mass is 255 g/mol. The van der Waals surface area contributed by atoms with Gasteiger partial charge in [0.25, 0.3) is 0 Å². The van der Waals surface area contributed by atoms with E-state index < -0.39 is 0 Å². The van der Waals surface area contributed by atoms with E-state index in [4.69, 9.17) is 0 Å². The van der Waals surface area contributed by atoms with Gasteiger partial charge in [0.15, 0.2) is 0 Å². The summed E-state index contributed by atoms with van der Waals surface area (Å²) in [6.07, 6.45) is 0. The third kappa shape index (κ3) is 3.75. The average Bonchev–Trinajstić information content (AvgIpc) is 2.36. The molecule has 0 aromatic heterocycles. The number of anilines is 1. The summed E-state index contributed by atoms with van der Waals surface area (Å²) in [6, 6.07) is 15.8. The summed E-state index contributed by atoms with van der Waals surface area (Å²) in [5.41, 5.74) is 3.68. The first-order valence-corrected chi connectivity index (χ1v) is 6.57. The normalized spacial score (nSPS) is 11.3. The van der Waals surface area contributed by atoms with Crippen LogP contribution in [0.4, 0.5) is 5.69 Å². The molecule has 0 aliphatic carbocycles. The van der Waals surface area contributed by atoms with Crippen LogP contribution in [0.15, 0.2) is 48.5 Å². The van der Waals surface area contributed by atoms with Gasteiger partial charge in [-0.1, -0.05) is 45.0 Å². The van der Waals surface area contributed by atoms with Crippen molar-refractivity contribution in [3.8, 4) is 5.75 Å². The zero-order valence-electron chi connectivity index (χ0n) is 11.8. The Hall–Kier alpha value is -1.96. The van der Waals surface area contributed by atoms with Crippen molar-refractivity contribution in [1.29, 1.82) is 0 Å². The second-order valence-corrected chi connectivity index (χ2v) is 5.85. The largest absolute Gasteiger partial charge is 0.508 e. The fraction of sp³-hybridized carbons (Fsp3) is 0.294. The Morgan fingerprint density at radius 1 is 1.00 bits per heavy atom. The number of phenolic OH excluding ortho intramolecular Hbond substituents is 1. The molecule has 0 unspecified atom stereocenters. The van der Waals surface area contributed by atoms with Gasteiger partial charge >= 0.3 is 0 Å². The molecule has 0 saturated heterocycles. The Balaban J connectivity index is 2.01. The lowest BCUT2D eigenvalue weighted by molar-refractivity contribution is 0.474. The summed E-state index contributed by atoms with van der Waals surface area (Å²) in [6.45, 7) is 7.34. The number of hydrogen-bond donors (Lipinski definition) is 2. The number of nitrogens with one attached hydrogen (secondary N) is 1. The predicted octanol–water partition coefficient (Wildman–Crippen LogP) is 4.30. The number of rotatable bonds is 3. The minimum atomic E-state index is 0.184. The van der Waals surface area contributed by atoms with Gasteiger partial charge in [-0.25, -0.2) is 0 Å². The first-order valence-electron chi connectivity index (χ1n) is 6.57. The van der Waals surface area contributed by atoms with Crippen LogP contribution in [-0.4, -0.2) is 5.11 Å². The van der Waals surface area contributed by atoms with Gasteiger partial charge in [-0.2, -0.15) is 0 Å². The Labute approximate surface area is 115 Å². The van der Waals surface area contributed by atoms with Crippen LogP contribution in [0.3, 0.4) is 0 Å². The highest BCUT2D eigenvalue weighted by Crippen LogP contribution is 2.23. The minimum Gasteiger partial charge on any atom is -0.508 e. The molecule has 0 aliphatic rings. The van der Waals surface area contributed by atoms with E-state index >= 15 is 0 Å². The highest BCUT2D eigenvalue weighted by molar-refractivity contribution is 5.46. The average molecular weight is 255 g/mol. The van der Waals surface area contributed by atoms with Crippen molar-refractivity contribution in [3.05, 3.63) is 59.7 Å². The smallest absolute Gasteiger partial charge is 0.115 e. The van der Waals surface area contributed by atoms with Crippen LogP contribution in [0, 0.1) is 0 Å². The van der Waals surface area contributed by atoms with Crippen LogP contribution >= 0.6 is 0 Å². The number of benzene rings is 2. The molecule has 2 N–H and O–H groups in total. The second kappa shape index (κ2) is 5.35. The zero-order chi connectivity index (χ0) is 13.9. The fourth-order valence-corrected chi connectivity index (χ4v) is 1.96. The van der Waals surface area contributed by atoms with Crippen molar-refractivity contribution >= 4 is 5.69 Å². The molecule has 0 aliphatic heterocycles. The highest BCUT2D eigenvalue weighted by Gasteiger charge is 2.12. The Kier molecular flexibility index (Phi) is 3.79. The Morgan fingerprint density at radius 3 is 2.26 bits per heavy atom. The molecule has 0 heterocycles. The van der Waals surface area contributed by atoms with E-state index in [0.29, 0.717) is 12.3 Å². The molecule has 2 nitrogen and oxygen atoms in total. The first kappa shape index (κ1) is 13.5. The van der Waals surface area contributed by atoms with Gasteiger partial charge < -0.3 is 10.4 Å². The van der Waals surface area contributed by atoms with E-state index in [9.17, 15) is 5.11 Å².